The van der Waals surface area contributed by atoms with Crippen LogP contribution in [0.1, 0.15) is 13.8 Å². The topological polar surface area (TPSA) is 67.6 Å². The van der Waals surface area contributed by atoms with Gasteiger partial charge in [0, 0.05) is 29.2 Å². The molecule has 0 aliphatic rings. The quantitative estimate of drug-likeness (QED) is 0.489. The zero-order valence-electron chi connectivity index (χ0n) is 15.5. The molecule has 144 valence electrons. The lowest BCUT2D eigenvalue weighted by Crippen LogP contribution is -2.22. The van der Waals surface area contributed by atoms with Gasteiger partial charge in [0.1, 0.15) is 5.52 Å². The van der Waals surface area contributed by atoms with E-state index in [1.54, 1.807) is 40.9 Å². The predicted octanol–water partition coefficient (Wildman–Crippen LogP) is 4.21. The molecule has 8 heteroatoms. The van der Waals surface area contributed by atoms with Gasteiger partial charge < -0.3 is 4.90 Å². The molecule has 0 fully saturated rings. The first-order valence-electron chi connectivity index (χ1n) is 9.00. The number of halogens is 1. The molecule has 28 heavy (non-hydrogen) atoms. The van der Waals surface area contributed by atoms with Gasteiger partial charge in [0.2, 0.25) is 14.9 Å². The maximum atomic E-state index is 13.2. The molecule has 0 saturated heterocycles. The Morgan fingerprint density at radius 3 is 2.39 bits per heavy atom. The molecule has 4 aromatic rings. The van der Waals surface area contributed by atoms with E-state index in [1.807, 2.05) is 18.2 Å². The van der Waals surface area contributed by atoms with Crippen molar-refractivity contribution in [2.45, 2.75) is 23.8 Å². The molecule has 2 aromatic carbocycles. The lowest BCUT2D eigenvalue weighted by atomic mass is 10.1. The lowest BCUT2D eigenvalue weighted by Gasteiger charge is -2.23. The van der Waals surface area contributed by atoms with Gasteiger partial charge in [0.25, 0.3) is 0 Å². The second kappa shape index (κ2) is 7.07. The van der Waals surface area contributed by atoms with Gasteiger partial charge in [-0.05, 0) is 50.2 Å². The third-order valence-electron chi connectivity index (χ3n) is 4.82. The Hall–Kier alpha value is -2.64. The molecule has 4 rings (SSSR count). The number of hydrogen-bond donors (Lipinski definition) is 0. The smallest absolute Gasteiger partial charge is 0.227 e. The average Bonchev–Trinajstić information content (AvgIpc) is 3.14. The summed E-state index contributed by atoms with van der Waals surface area (Å²) < 4.78 is 27.9. The maximum absolute atomic E-state index is 13.2. The molecule has 0 bridgehead atoms. The zero-order valence-corrected chi connectivity index (χ0v) is 17.1. The van der Waals surface area contributed by atoms with Gasteiger partial charge in [-0.15, -0.1) is 5.10 Å². The highest BCUT2D eigenvalue weighted by atomic mass is 35.5. The van der Waals surface area contributed by atoms with E-state index in [9.17, 15) is 8.42 Å². The first kappa shape index (κ1) is 18.7. The van der Waals surface area contributed by atoms with Gasteiger partial charge in [-0.1, -0.05) is 35.0 Å². The molecule has 2 aromatic heterocycles. The summed E-state index contributed by atoms with van der Waals surface area (Å²) in [6, 6.07) is 15.6. The van der Waals surface area contributed by atoms with Crippen molar-refractivity contribution in [2.75, 3.05) is 18.0 Å². The molecule has 0 atom stereocenters. The van der Waals surface area contributed by atoms with Gasteiger partial charge in [0.05, 0.1) is 10.4 Å². The van der Waals surface area contributed by atoms with Gasteiger partial charge >= 0.3 is 0 Å². The first-order chi connectivity index (χ1) is 13.5. The van der Waals surface area contributed by atoms with Crippen LogP contribution in [-0.2, 0) is 9.84 Å². The monoisotopic (exact) mass is 414 g/mol. The summed E-state index contributed by atoms with van der Waals surface area (Å²) in [7, 11) is -3.79. The van der Waals surface area contributed by atoms with E-state index in [4.69, 9.17) is 11.6 Å². The largest absolute Gasteiger partial charge is 0.371 e. The van der Waals surface area contributed by atoms with Crippen LogP contribution in [0, 0.1) is 0 Å². The molecule has 0 unspecified atom stereocenters. The second-order valence-corrected chi connectivity index (χ2v) is 8.67. The molecule has 0 amide bonds. The number of hydrogen-bond acceptors (Lipinski definition) is 5. The molecule has 2 heterocycles. The summed E-state index contributed by atoms with van der Waals surface area (Å²) >= 11 is 6.23. The van der Waals surface area contributed by atoms with Crippen LogP contribution in [0.25, 0.3) is 16.4 Å². The molecule has 0 aliphatic carbocycles. The van der Waals surface area contributed by atoms with Gasteiger partial charge in [0.15, 0.2) is 0 Å². The summed E-state index contributed by atoms with van der Waals surface area (Å²) in [4.78, 5) is 2.35. The summed E-state index contributed by atoms with van der Waals surface area (Å²) in [5, 5.41) is 9.64. The highest BCUT2D eigenvalue weighted by molar-refractivity contribution is 7.91. The molecule has 0 aliphatic heterocycles. The number of anilines is 1. The Morgan fingerprint density at radius 2 is 1.71 bits per heavy atom. The Kier molecular flexibility index (Phi) is 4.72. The van der Waals surface area contributed by atoms with Crippen molar-refractivity contribution >= 4 is 43.5 Å². The van der Waals surface area contributed by atoms with Crippen LogP contribution in [0.2, 0.25) is 5.02 Å². The van der Waals surface area contributed by atoms with E-state index >= 15 is 0 Å². The Balaban J connectivity index is 2.07. The molecule has 6 nitrogen and oxygen atoms in total. The summed E-state index contributed by atoms with van der Waals surface area (Å²) in [6.45, 7) is 5.66. The average molecular weight is 415 g/mol. The van der Waals surface area contributed by atoms with Crippen LogP contribution < -0.4 is 4.90 Å². The Morgan fingerprint density at radius 1 is 1.00 bits per heavy atom. The first-order valence-corrected chi connectivity index (χ1v) is 10.9. The maximum Gasteiger partial charge on any atom is 0.227 e. The number of rotatable bonds is 5. The third kappa shape index (κ3) is 2.91. The third-order valence-corrected chi connectivity index (χ3v) is 6.75. The molecule has 0 radical (unpaired) electrons. The van der Waals surface area contributed by atoms with Crippen molar-refractivity contribution in [3.8, 4) is 0 Å². The fourth-order valence-corrected chi connectivity index (χ4v) is 4.89. The Labute approximate surface area is 168 Å². The van der Waals surface area contributed by atoms with Crippen molar-refractivity contribution in [1.29, 1.82) is 0 Å². The summed E-state index contributed by atoms with van der Waals surface area (Å²) in [6.07, 6.45) is 0. The van der Waals surface area contributed by atoms with E-state index < -0.39 is 9.84 Å². The normalized spacial score (nSPS) is 12.0. The SMILES string of the molecule is CCN(CC)c1cc2c(S(=O)(=O)c3ccccc3)nnn2c2ccc(Cl)cc12. The molecule has 0 saturated carbocycles. The fourth-order valence-electron chi connectivity index (χ4n) is 3.41. The number of nitrogens with zero attached hydrogens (tertiary/aromatic N) is 4. The molecule has 0 spiro atoms. The minimum Gasteiger partial charge on any atom is -0.371 e. The van der Waals surface area contributed by atoms with Gasteiger partial charge in [-0.2, -0.15) is 0 Å². The molecular formula is C20H19ClN4O2S. The van der Waals surface area contributed by atoms with Crippen molar-refractivity contribution in [1.82, 2.24) is 14.8 Å². The van der Waals surface area contributed by atoms with Crippen LogP contribution in [0.4, 0.5) is 5.69 Å². The summed E-state index contributed by atoms with van der Waals surface area (Å²) in [5.41, 5.74) is 2.10. The van der Waals surface area contributed by atoms with Crippen molar-refractivity contribution in [3.63, 3.8) is 0 Å². The molecular weight excluding hydrogens is 396 g/mol. The number of aromatic nitrogens is 3. The van der Waals surface area contributed by atoms with Crippen LogP contribution in [0.15, 0.2) is 64.5 Å². The summed E-state index contributed by atoms with van der Waals surface area (Å²) in [5.74, 6) is 0. The van der Waals surface area contributed by atoms with Crippen molar-refractivity contribution in [3.05, 3.63) is 59.6 Å². The number of sulfone groups is 1. The van der Waals surface area contributed by atoms with E-state index in [2.05, 4.69) is 29.1 Å². The second-order valence-electron chi connectivity index (χ2n) is 6.37. The van der Waals surface area contributed by atoms with Crippen molar-refractivity contribution < 1.29 is 8.42 Å². The highest BCUT2D eigenvalue weighted by Gasteiger charge is 2.26. The zero-order chi connectivity index (χ0) is 19.9. The number of benzene rings is 2. The molecule has 0 N–H and O–H groups in total. The Bertz CT molecular complexity index is 1270. The van der Waals surface area contributed by atoms with Crippen LogP contribution in [0.5, 0.6) is 0 Å². The van der Waals surface area contributed by atoms with Gasteiger partial charge in [-0.3, -0.25) is 0 Å². The van der Waals surface area contributed by atoms with Crippen molar-refractivity contribution in [2.24, 2.45) is 0 Å². The van der Waals surface area contributed by atoms with E-state index in [1.165, 1.54) is 0 Å². The van der Waals surface area contributed by atoms with Gasteiger partial charge in [-0.25, -0.2) is 12.9 Å². The minimum absolute atomic E-state index is 0.0519. The van der Waals surface area contributed by atoms with Crippen LogP contribution in [0.3, 0.4) is 0 Å². The number of pyridine rings is 1. The fraction of sp³-hybridized carbons (Fsp3) is 0.200. The standard InChI is InChI=1S/C20H19ClN4O2S/c1-3-24(4-2)18-13-19-20(28(26,27)15-8-6-5-7-9-15)22-23-25(19)17-11-10-14(21)12-16(17)18/h5-13H,3-4H2,1-2H3. The number of fused-ring (bicyclic) bond motifs is 3. The van der Waals surface area contributed by atoms with Crippen LogP contribution >= 0.6 is 11.6 Å². The van der Waals surface area contributed by atoms with Crippen LogP contribution in [-0.4, -0.2) is 36.3 Å². The van der Waals surface area contributed by atoms with E-state index in [0.29, 0.717) is 10.5 Å². The minimum atomic E-state index is -3.79. The predicted molar refractivity (Wildman–Crippen MR) is 111 cm³/mol. The van der Waals surface area contributed by atoms with E-state index in [-0.39, 0.29) is 9.92 Å². The highest BCUT2D eigenvalue weighted by Crippen LogP contribution is 2.33. The van der Waals surface area contributed by atoms with E-state index in [0.717, 1.165) is 29.7 Å². The lowest BCUT2D eigenvalue weighted by molar-refractivity contribution is 0.592.